The molecule has 0 spiro atoms. The summed E-state index contributed by atoms with van der Waals surface area (Å²) in [5.74, 6) is -2.77. The number of aliphatic carboxylic acids is 1. The Bertz CT molecular complexity index is 603. The van der Waals surface area contributed by atoms with Crippen LogP contribution < -0.4 is 4.72 Å². The number of halogens is 2. The van der Waals surface area contributed by atoms with Crippen molar-refractivity contribution in [2.45, 2.75) is 25.6 Å². The molecule has 0 saturated heterocycles. The highest BCUT2D eigenvalue weighted by molar-refractivity contribution is 7.88. The second kappa shape index (κ2) is 6.51. The molecule has 0 fully saturated rings. The van der Waals surface area contributed by atoms with Gasteiger partial charge in [-0.15, -0.1) is 0 Å². The van der Waals surface area contributed by atoms with Crippen LogP contribution in [0, 0.1) is 11.7 Å². The summed E-state index contributed by atoms with van der Waals surface area (Å²) in [5.41, 5.74) is 0.275. The third-order valence-corrected chi connectivity index (χ3v) is 4.20. The molecule has 0 bridgehead atoms. The largest absolute Gasteiger partial charge is 0.480 e. The van der Waals surface area contributed by atoms with Crippen molar-refractivity contribution in [3.63, 3.8) is 0 Å². The lowest BCUT2D eigenvalue weighted by molar-refractivity contribution is -0.140. The monoisotopic (exact) mass is 323 g/mol. The van der Waals surface area contributed by atoms with E-state index in [-0.39, 0.29) is 10.6 Å². The highest BCUT2D eigenvalue weighted by Gasteiger charge is 2.27. The van der Waals surface area contributed by atoms with Gasteiger partial charge in [0, 0.05) is 0 Å². The summed E-state index contributed by atoms with van der Waals surface area (Å²) in [4.78, 5) is 11.0. The second-order valence-corrected chi connectivity index (χ2v) is 6.85. The average molecular weight is 324 g/mol. The molecule has 8 heteroatoms. The summed E-state index contributed by atoms with van der Waals surface area (Å²) in [6, 6.07) is 2.33. The van der Waals surface area contributed by atoms with Crippen LogP contribution in [0.25, 0.3) is 0 Å². The Hall–Kier alpha value is -1.18. The molecule has 20 heavy (non-hydrogen) atoms. The SMILES string of the molecule is CC(C)[C@@H](NS(=O)(=O)Cc1ccc(F)c(Cl)c1)C(=O)O. The van der Waals surface area contributed by atoms with Gasteiger partial charge in [-0.05, 0) is 23.6 Å². The van der Waals surface area contributed by atoms with Crippen LogP contribution in [0.2, 0.25) is 5.02 Å². The molecule has 0 aliphatic heterocycles. The van der Waals surface area contributed by atoms with Crippen LogP contribution in [0.4, 0.5) is 4.39 Å². The van der Waals surface area contributed by atoms with Gasteiger partial charge in [0.2, 0.25) is 10.0 Å². The molecule has 5 nitrogen and oxygen atoms in total. The molecule has 0 unspecified atom stereocenters. The van der Waals surface area contributed by atoms with Gasteiger partial charge in [0.15, 0.2) is 0 Å². The predicted octanol–water partition coefficient (Wildman–Crippen LogP) is 2.01. The maximum atomic E-state index is 13.0. The van der Waals surface area contributed by atoms with Gasteiger partial charge in [-0.2, -0.15) is 0 Å². The number of carboxylic acids is 1. The minimum atomic E-state index is -3.87. The standard InChI is InChI=1S/C12H15ClFNO4S/c1-7(2)11(12(16)17)15-20(18,19)6-8-3-4-10(14)9(13)5-8/h3-5,7,11,15H,6H2,1-2H3,(H,16,17)/t11-/m1/s1. The van der Waals surface area contributed by atoms with Crippen LogP contribution >= 0.6 is 11.6 Å². The Kier molecular flexibility index (Phi) is 5.50. The molecule has 1 rings (SSSR count). The first-order valence-corrected chi connectivity index (χ1v) is 7.82. The second-order valence-electron chi connectivity index (χ2n) is 4.69. The fraction of sp³-hybridized carbons (Fsp3) is 0.417. The summed E-state index contributed by atoms with van der Waals surface area (Å²) in [7, 11) is -3.87. The Morgan fingerprint density at radius 2 is 2.05 bits per heavy atom. The smallest absolute Gasteiger partial charge is 0.321 e. The van der Waals surface area contributed by atoms with E-state index in [1.54, 1.807) is 13.8 Å². The molecular weight excluding hydrogens is 309 g/mol. The Labute approximate surface area is 121 Å². The molecule has 0 heterocycles. The highest BCUT2D eigenvalue weighted by Crippen LogP contribution is 2.17. The molecular formula is C12H15ClFNO4S. The summed E-state index contributed by atoms with van der Waals surface area (Å²) >= 11 is 5.56. The zero-order valence-corrected chi connectivity index (χ0v) is 12.5. The summed E-state index contributed by atoms with van der Waals surface area (Å²) in [6.07, 6.45) is 0. The van der Waals surface area contributed by atoms with Gasteiger partial charge < -0.3 is 5.11 Å². The quantitative estimate of drug-likeness (QED) is 0.838. The lowest BCUT2D eigenvalue weighted by Gasteiger charge is -2.18. The molecule has 112 valence electrons. The van der Waals surface area contributed by atoms with Gasteiger partial charge in [-0.1, -0.05) is 31.5 Å². The van der Waals surface area contributed by atoms with E-state index in [2.05, 4.69) is 4.72 Å². The van der Waals surface area contributed by atoms with E-state index in [4.69, 9.17) is 16.7 Å². The van der Waals surface area contributed by atoms with E-state index in [9.17, 15) is 17.6 Å². The van der Waals surface area contributed by atoms with Gasteiger partial charge in [0.05, 0.1) is 10.8 Å². The van der Waals surface area contributed by atoms with Crippen molar-refractivity contribution >= 4 is 27.6 Å². The summed E-state index contributed by atoms with van der Waals surface area (Å²) < 4.78 is 38.9. The van der Waals surface area contributed by atoms with Crippen molar-refractivity contribution in [1.82, 2.24) is 4.72 Å². The third kappa shape index (κ3) is 4.73. The van der Waals surface area contributed by atoms with E-state index in [0.717, 1.165) is 6.07 Å². The van der Waals surface area contributed by atoms with E-state index in [0.29, 0.717) is 0 Å². The molecule has 0 saturated carbocycles. The first-order valence-electron chi connectivity index (χ1n) is 5.79. The number of hydrogen-bond donors (Lipinski definition) is 2. The van der Waals surface area contributed by atoms with Crippen LogP contribution in [0.15, 0.2) is 18.2 Å². The Morgan fingerprint density at radius 3 is 2.50 bits per heavy atom. The summed E-state index contributed by atoms with van der Waals surface area (Å²) in [6.45, 7) is 3.19. The number of rotatable bonds is 6. The average Bonchev–Trinajstić information content (AvgIpc) is 2.30. The molecule has 1 aromatic rings. The van der Waals surface area contributed by atoms with E-state index >= 15 is 0 Å². The molecule has 0 aromatic heterocycles. The zero-order valence-electron chi connectivity index (χ0n) is 10.9. The van der Waals surface area contributed by atoms with Crippen molar-refractivity contribution in [3.8, 4) is 0 Å². The van der Waals surface area contributed by atoms with Gasteiger partial charge in [0.1, 0.15) is 11.9 Å². The first-order chi connectivity index (χ1) is 9.12. The zero-order chi connectivity index (χ0) is 15.5. The number of sulfonamides is 1. The van der Waals surface area contributed by atoms with E-state index in [1.807, 2.05) is 0 Å². The topological polar surface area (TPSA) is 83.5 Å². The maximum Gasteiger partial charge on any atom is 0.321 e. The fourth-order valence-electron chi connectivity index (χ4n) is 1.56. The number of benzene rings is 1. The fourth-order valence-corrected chi connectivity index (χ4v) is 3.22. The van der Waals surface area contributed by atoms with Gasteiger partial charge in [-0.3, -0.25) is 4.79 Å². The van der Waals surface area contributed by atoms with Gasteiger partial charge >= 0.3 is 5.97 Å². The van der Waals surface area contributed by atoms with Gasteiger partial charge in [-0.25, -0.2) is 17.5 Å². The molecule has 0 radical (unpaired) electrons. The number of nitrogens with one attached hydrogen (secondary N) is 1. The van der Waals surface area contributed by atoms with Crippen molar-refractivity contribution in [1.29, 1.82) is 0 Å². The van der Waals surface area contributed by atoms with Crippen LogP contribution in [0.3, 0.4) is 0 Å². The van der Waals surface area contributed by atoms with Crippen molar-refractivity contribution in [3.05, 3.63) is 34.6 Å². The molecule has 0 amide bonds. The highest BCUT2D eigenvalue weighted by atomic mass is 35.5. The molecule has 0 aliphatic rings. The van der Waals surface area contributed by atoms with E-state index < -0.39 is 39.5 Å². The predicted molar refractivity (Wildman–Crippen MR) is 73.4 cm³/mol. The van der Waals surface area contributed by atoms with Gasteiger partial charge in [0.25, 0.3) is 0 Å². The first kappa shape index (κ1) is 16.9. The normalized spacial score (nSPS) is 13.4. The molecule has 1 aromatic carbocycles. The van der Waals surface area contributed by atoms with Crippen LogP contribution in [0.1, 0.15) is 19.4 Å². The number of hydrogen-bond acceptors (Lipinski definition) is 3. The molecule has 0 aliphatic carbocycles. The van der Waals surface area contributed by atoms with Crippen molar-refractivity contribution < 1.29 is 22.7 Å². The Balaban J connectivity index is 2.89. The lowest BCUT2D eigenvalue weighted by Crippen LogP contribution is -2.44. The summed E-state index contributed by atoms with van der Waals surface area (Å²) in [5, 5.41) is 8.77. The number of carbonyl (C=O) groups is 1. The maximum absolute atomic E-state index is 13.0. The molecule has 1 atom stereocenters. The minimum absolute atomic E-state index is 0.184. The van der Waals surface area contributed by atoms with Crippen molar-refractivity contribution in [2.75, 3.05) is 0 Å². The molecule has 2 N–H and O–H groups in total. The van der Waals surface area contributed by atoms with Crippen molar-refractivity contribution in [2.24, 2.45) is 5.92 Å². The van der Waals surface area contributed by atoms with Crippen LogP contribution in [0.5, 0.6) is 0 Å². The Morgan fingerprint density at radius 1 is 1.45 bits per heavy atom. The van der Waals surface area contributed by atoms with Crippen LogP contribution in [-0.2, 0) is 20.6 Å². The van der Waals surface area contributed by atoms with Crippen LogP contribution in [-0.4, -0.2) is 25.5 Å². The third-order valence-electron chi connectivity index (χ3n) is 2.58. The lowest BCUT2D eigenvalue weighted by atomic mass is 10.1. The van der Waals surface area contributed by atoms with E-state index in [1.165, 1.54) is 12.1 Å². The minimum Gasteiger partial charge on any atom is -0.480 e. The number of carboxylic acid groups (broad SMARTS) is 1.